The minimum atomic E-state index is 0.536. The molecular weight excluding hydrogens is 309 g/mol. The average Bonchev–Trinajstić information content (AvgIpc) is 2.46. The van der Waals surface area contributed by atoms with Gasteiger partial charge in [-0.25, -0.2) is 0 Å². The first-order valence-electron chi connectivity index (χ1n) is 6.71. The Bertz CT molecular complexity index is 674. The maximum Gasteiger partial charge on any atom is 0.179 e. The van der Waals surface area contributed by atoms with Crippen LogP contribution in [0.3, 0.4) is 0 Å². The van der Waals surface area contributed by atoms with E-state index in [1.165, 1.54) is 0 Å². The van der Waals surface area contributed by atoms with Gasteiger partial charge in [-0.3, -0.25) is 0 Å². The Morgan fingerprint density at radius 2 is 1.90 bits per heavy atom. The van der Waals surface area contributed by atoms with Crippen molar-refractivity contribution in [2.75, 3.05) is 18.5 Å². The van der Waals surface area contributed by atoms with Gasteiger partial charge in [0.2, 0.25) is 0 Å². The smallest absolute Gasteiger partial charge is 0.179 e. The summed E-state index contributed by atoms with van der Waals surface area (Å²) >= 11 is 12.2. The predicted molar refractivity (Wildman–Crippen MR) is 86.0 cm³/mol. The number of benzene rings is 2. The summed E-state index contributed by atoms with van der Waals surface area (Å²) in [6.07, 6.45) is 0. The highest BCUT2D eigenvalue weighted by Crippen LogP contribution is 2.38. The summed E-state index contributed by atoms with van der Waals surface area (Å²) in [5.41, 5.74) is 3.19. The molecule has 0 saturated heterocycles. The maximum absolute atomic E-state index is 6.23. The molecule has 0 fully saturated rings. The lowest BCUT2D eigenvalue weighted by Crippen LogP contribution is -2.16. The number of nitrogens with one attached hydrogen (secondary N) is 1. The van der Waals surface area contributed by atoms with Crippen molar-refractivity contribution in [2.24, 2.45) is 0 Å². The summed E-state index contributed by atoms with van der Waals surface area (Å²) in [7, 11) is 0. The van der Waals surface area contributed by atoms with Crippen LogP contribution in [0, 0.1) is 6.92 Å². The molecule has 0 saturated carbocycles. The fourth-order valence-corrected chi connectivity index (χ4v) is 2.80. The van der Waals surface area contributed by atoms with Gasteiger partial charge in [0.25, 0.3) is 0 Å². The van der Waals surface area contributed by atoms with E-state index in [-0.39, 0.29) is 0 Å². The van der Waals surface area contributed by atoms with Crippen molar-refractivity contribution < 1.29 is 9.47 Å². The van der Waals surface area contributed by atoms with Gasteiger partial charge in [-0.15, -0.1) is 0 Å². The lowest BCUT2D eigenvalue weighted by molar-refractivity contribution is 0.171. The van der Waals surface area contributed by atoms with E-state index in [2.05, 4.69) is 5.32 Å². The van der Waals surface area contributed by atoms with Gasteiger partial charge < -0.3 is 14.8 Å². The highest BCUT2D eigenvalue weighted by molar-refractivity contribution is 6.32. The predicted octanol–water partition coefficient (Wildman–Crippen LogP) is 4.69. The number of hydrogen-bond acceptors (Lipinski definition) is 3. The van der Waals surface area contributed by atoms with Crippen LogP contribution < -0.4 is 14.8 Å². The molecule has 0 spiro atoms. The molecule has 0 atom stereocenters. The highest BCUT2D eigenvalue weighted by Gasteiger charge is 2.16. The molecule has 2 aromatic carbocycles. The van der Waals surface area contributed by atoms with Crippen LogP contribution in [-0.4, -0.2) is 13.2 Å². The van der Waals surface area contributed by atoms with Gasteiger partial charge in [-0.1, -0.05) is 23.2 Å². The van der Waals surface area contributed by atoms with Crippen molar-refractivity contribution in [3.05, 3.63) is 51.5 Å². The molecule has 5 heteroatoms. The van der Waals surface area contributed by atoms with Gasteiger partial charge in [0.05, 0.1) is 5.02 Å². The first-order valence-corrected chi connectivity index (χ1v) is 7.47. The number of fused-ring (bicyclic) bond motifs is 1. The van der Waals surface area contributed by atoms with Crippen LogP contribution in [0.15, 0.2) is 30.3 Å². The molecule has 0 bridgehead atoms. The number of rotatable bonds is 3. The lowest BCUT2D eigenvalue weighted by Gasteiger charge is -2.20. The first-order chi connectivity index (χ1) is 10.1. The largest absolute Gasteiger partial charge is 0.486 e. The number of halogens is 2. The van der Waals surface area contributed by atoms with Crippen molar-refractivity contribution in [1.82, 2.24) is 0 Å². The summed E-state index contributed by atoms with van der Waals surface area (Å²) in [5, 5.41) is 4.69. The summed E-state index contributed by atoms with van der Waals surface area (Å²) in [6.45, 7) is 3.76. The first kappa shape index (κ1) is 14.4. The number of aryl methyl sites for hydroxylation is 1. The fourth-order valence-electron chi connectivity index (χ4n) is 2.29. The second kappa shape index (κ2) is 6.04. The van der Waals surface area contributed by atoms with E-state index in [9.17, 15) is 0 Å². The van der Waals surface area contributed by atoms with Crippen LogP contribution in [0.2, 0.25) is 10.0 Å². The van der Waals surface area contributed by atoms with E-state index < -0.39 is 0 Å². The van der Waals surface area contributed by atoms with Gasteiger partial charge in [-0.2, -0.15) is 0 Å². The van der Waals surface area contributed by atoms with Gasteiger partial charge in [0, 0.05) is 17.3 Å². The molecule has 3 nitrogen and oxygen atoms in total. The van der Waals surface area contributed by atoms with E-state index in [1.54, 1.807) is 0 Å². The van der Waals surface area contributed by atoms with E-state index in [0.29, 0.717) is 36.3 Å². The highest BCUT2D eigenvalue weighted by atomic mass is 35.5. The molecule has 1 N–H and O–H groups in total. The van der Waals surface area contributed by atoms with Crippen LogP contribution in [0.4, 0.5) is 5.69 Å². The molecule has 1 heterocycles. The number of hydrogen-bond donors (Lipinski definition) is 1. The third kappa shape index (κ3) is 3.20. The zero-order valence-electron chi connectivity index (χ0n) is 11.6. The molecule has 0 unspecified atom stereocenters. The van der Waals surface area contributed by atoms with Crippen molar-refractivity contribution in [2.45, 2.75) is 13.5 Å². The molecule has 21 heavy (non-hydrogen) atoms. The maximum atomic E-state index is 6.23. The molecule has 0 amide bonds. The SMILES string of the molecule is Cc1cc(Cl)ccc1NCc1cc(Cl)c2c(c1)OCCO2. The molecule has 3 rings (SSSR count). The quantitative estimate of drug-likeness (QED) is 0.889. The Labute approximate surface area is 133 Å². The fraction of sp³-hybridized carbons (Fsp3) is 0.250. The van der Waals surface area contributed by atoms with Crippen LogP contribution >= 0.6 is 23.2 Å². The molecule has 110 valence electrons. The Balaban J connectivity index is 1.77. The standard InChI is InChI=1S/C16H15Cl2NO2/c1-10-6-12(17)2-3-14(10)19-9-11-7-13(18)16-15(8-11)20-4-5-21-16/h2-3,6-8,19H,4-5,9H2,1H3. The number of anilines is 1. The molecule has 0 aliphatic carbocycles. The molecule has 0 aromatic heterocycles. The third-order valence-corrected chi connectivity index (χ3v) is 3.84. The zero-order chi connectivity index (χ0) is 14.8. The normalized spacial score (nSPS) is 13.1. The van der Waals surface area contributed by atoms with Gasteiger partial charge in [0.15, 0.2) is 11.5 Å². The third-order valence-electron chi connectivity index (χ3n) is 3.33. The van der Waals surface area contributed by atoms with E-state index in [0.717, 1.165) is 21.8 Å². The van der Waals surface area contributed by atoms with Gasteiger partial charge in [0.1, 0.15) is 13.2 Å². The van der Waals surface area contributed by atoms with Crippen molar-refractivity contribution >= 4 is 28.9 Å². The van der Waals surface area contributed by atoms with Gasteiger partial charge >= 0.3 is 0 Å². The minimum absolute atomic E-state index is 0.536. The monoisotopic (exact) mass is 323 g/mol. The Morgan fingerprint density at radius 3 is 2.71 bits per heavy atom. The van der Waals surface area contributed by atoms with Crippen molar-refractivity contribution in [3.63, 3.8) is 0 Å². The summed E-state index contributed by atoms with van der Waals surface area (Å²) in [5.74, 6) is 1.34. The summed E-state index contributed by atoms with van der Waals surface area (Å²) < 4.78 is 11.1. The van der Waals surface area contributed by atoms with Crippen molar-refractivity contribution in [1.29, 1.82) is 0 Å². The Hall–Kier alpha value is -1.58. The topological polar surface area (TPSA) is 30.5 Å². The Kier molecular flexibility index (Phi) is 4.13. The average molecular weight is 324 g/mol. The van der Waals surface area contributed by atoms with Crippen LogP contribution in [0.5, 0.6) is 11.5 Å². The van der Waals surface area contributed by atoms with Crippen LogP contribution in [-0.2, 0) is 6.54 Å². The Morgan fingerprint density at radius 1 is 1.10 bits per heavy atom. The molecule has 0 radical (unpaired) electrons. The lowest BCUT2D eigenvalue weighted by atomic mass is 10.1. The van der Waals surface area contributed by atoms with E-state index in [1.807, 2.05) is 37.3 Å². The van der Waals surface area contributed by atoms with Crippen molar-refractivity contribution in [3.8, 4) is 11.5 Å². The number of ether oxygens (including phenoxy) is 2. The molecule has 1 aliphatic rings. The molecular formula is C16H15Cl2NO2. The summed E-state index contributed by atoms with van der Waals surface area (Å²) in [6, 6.07) is 9.62. The van der Waals surface area contributed by atoms with E-state index >= 15 is 0 Å². The van der Waals surface area contributed by atoms with Gasteiger partial charge in [-0.05, 0) is 48.4 Å². The van der Waals surface area contributed by atoms with E-state index in [4.69, 9.17) is 32.7 Å². The molecule has 1 aliphatic heterocycles. The second-order valence-corrected chi connectivity index (χ2v) is 5.76. The summed E-state index contributed by atoms with van der Waals surface area (Å²) in [4.78, 5) is 0. The minimum Gasteiger partial charge on any atom is -0.486 e. The van der Waals surface area contributed by atoms with Crippen LogP contribution in [0.1, 0.15) is 11.1 Å². The second-order valence-electron chi connectivity index (χ2n) is 4.91. The zero-order valence-corrected chi connectivity index (χ0v) is 13.1. The van der Waals surface area contributed by atoms with Crippen LogP contribution in [0.25, 0.3) is 0 Å². The molecule has 2 aromatic rings.